The number of benzene rings is 1. The van der Waals surface area contributed by atoms with Crippen LogP contribution in [0.2, 0.25) is 0 Å². The second-order valence-corrected chi connectivity index (χ2v) is 7.20. The molecule has 3 aromatic rings. The van der Waals surface area contributed by atoms with E-state index >= 15 is 0 Å². The third-order valence-electron chi connectivity index (χ3n) is 5.16. The number of aromatic nitrogens is 2. The molecule has 0 saturated carbocycles. The fraction of sp³-hybridized carbons (Fsp3) is 0.250. The van der Waals surface area contributed by atoms with E-state index in [4.69, 9.17) is 0 Å². The molecule has 0 N–H and O–H groups in total. The maximum Gasteiger partial charge on any atom is 0.226 e. The van der Waals surface area contributed by atoms with E-state index in [1.165, 1.54) is 23.2 Å². The van der Waals surface area contributed by atoms with Gasteiger partial charge in [0.15, 0.2) is 5.78 Å². The van der Waals surface area contributed by atoms with Crippen LogP contribution < -0.4 is 4.90 Å². The summed E-state index contributed by atoms with van der Waals surface area (Å²) in [6.07, 6.45) is 2.43. The quantitative estimate of drug-likeness (QED) is 0.400. The lowest BCUT2D eigenvalue weighted by molar-refractivity contribution is -0.118. The molecule has 1 amide bonds. The van der Waals surface area contributed by atoms with Crippen molar-refractivity contribution in [3.63, 3.8) is 0 Å². The van der Waals surface area contributed by atoms with Crippen molar-refractivity contribution in [3.8, 4) is 11.1 Å². The molecule has 0 aliphatic rings. The lowest BCUT2D eigenvalue weighted by Crippen LogP contribution is -2.25. The molecule has 0 atom stereocenters. The third kappa shape index (κ3) is 5.17. The topological polar surface area (TPSA) is 63.2 Å². The van der Waals surface area contributed by atoms with Crippen LogP contribution in [0.15, 0.2) is 48.7 Å². The largest absolute Gasteiger partial charge is 0.315 e. The molecule has 5 nitrogen and oxygen atoms in total. The molecule has 0 radical (unpaired) electrons. The number of hydrogen-bond acceptors (Lipinski definition) is 4. The number of ketones is 1. The highest BCUT2D eigenvalue weighted by Crippen LogP contribution is 2.26. The van der Waals surface area contributed by atoms with Crippen LogP contribution in [0, 0.1) is 18.7 Å². The SMILES string of the molecule is CCC(=O)N(C)c1ccc(-c2ccc(C(=O)CCc3ccc(F)nc3C)nc2)c(F)c1. The molecule has 1 aromatic carbocycles. The van der Waals surface area contributed by atoms with Gasteiger partial charge in [0, 0.05) is 48.6 Å². The minimum atomic E-state index is -0.547. The van der Waals surface area contributed by atoms with Crippen molar-refractivity contribution in [3.05, 3.63) is 77.4 Å². The summed E-state index contributed by atoms with van der Waals surface area (Å²) in [4.78, 5) is 33.6. The highest BCUT2D eigenvalue weighted by Gasteiger charge is 2.14. The fourth-order valence-electron chi connectivity index (χ4n) is 3.25. The Morgan fingerprint density at radius 3 is 2.45 bits per heavy atom. The number of aryl methyl sites for hydroxylation is 2. The zero-order chi connectivity index (χ0) is 22.5. The molecule has 0 fully saturated rings. The van der Waals surface area contributed by atoms with Crippen molar-refractivity contribution in [1.29, 1.82) is 0 Å². The minimum Gasteiger partial charge on any atom is -0.315 e. The van der Waals surface area contributed by atoms with Gasteiger partial charge in [-0.1, -0.05) is 19.1 Å². The molecule has 0 spiro atoms. The van der Waals surface area contributed by atoms with Crippen molar-refractivity contribution in [2.45, 2.75) is 33.1 Å². The number of hydrogen-bond donors (Lipinski definition) is 0. The van der Waals surface area contributed by atoms with Gasteiger partial charge in [0.1, 0.15) is 11.5 Å². The van der Waals surface area contributed by atoms with Crippen LogP contribution in [-0.4, -0.2) is 28.7 Å². The van der Waals surface area contributed by atoms with E-state index in [9.17, 15) is 18.4 Å². The monoisotopic (exact) mass is 423 g/mol. The number of carbonyl (C=O) groups is 2. The van der Waals surface area contributed by atoms with Crippen LogP contribution in [0.25, 0.3) is 11.1 Å². The summed E-state index contributed by atoms with van der Waals surface area (Å²) in [5.41, 5.74) is 2.98. The molecule has 2 heterocycles. The molecule has 160 valence electrons. The van der Waals surface area contributed by atoms with E-state index in [0.29, 0.717) is 35.3 Å². The first-order chi connectivity index (χ1) is 14.8. The number of anilines is 1. The van der Waals surface area contributed by atoms with E-state index in [0.717, 1.165) is 5.56 Å². The molecular weight excluding hydrogens is 400 g/mol. The first-order valence-corrected chi connectivity index (χ1v) is 9.98. The molecule has 0 bridgehead atoms. The van der Waals surface area contributed by atoms with Gasteiger partial charge < -0.3 is 4.90 Å². The van der Waals surface area contributed by atoms with Crippen LogP contribution in [0.5, 0.6) is 0 Å². The number of Topliss-reactive ketones (excluding diaryl/α,β-unsaturated/α-hetero) is 1. The van der Waals surface area contributed by atoms with E-state index in [-0.39, 0.29) is 23.8 Å². The van der Waals surface area contributed by atoms with Gasteiger partial charge in [0.05, 0.1) is 0 Å². The van der Waals surface area contributed by atoms with E-state index in [1.54, 1.807) is 51.2 Å². The maximum atomic E-state index is 14.6. The average Bonchev–Trinajstić information content (AvgIpc) is 2.77. The van der Waals surface area contributed by atoms with Crippen LogP contribution in [-0.2, 0) is 11.2 Å². The van der Waals surface area contributed by atoms with Gasteiger partial charge in [0.25, 0.3) is 0 Å². The lowest BCUT2D eigenvalue weighted by Gasteiger charge is -2.17. The van der Waals surface area contributed by atoms with Crippen LogP contribution in [0.1, 0.15) is 41.5 Å². The van der Waals surface area contributed by atoms with Crippen molar-refractivity contribution in [1.82, 2.24) is 9.97 Å². The number of pyridine rings is 2. The molecule has 7 heteroatoms. The first-order valence-electron chi connectivity index (χ1n) is 9.98. The molecule has 0 saturated heterocycles. The summed E-state index contributed by atoms with van der Waals surface area (Å²) < 4.78 is 27.7. The van der Waals surface area contributed by atoms with Gasteiger partial charge in [-0.15, -0.1) is 0 Å². The predicted octanol–water partition coefficient (Wildman–Crippen LogP) is 4.92. The Morgan fingerprint density at radius 1 is 1.06 bits per heavy atom. The Hall–Kier alpha value is -3.48. The second-order valence-electron chi connectivity index (χ2n) is 7.20. The van der Waals surface area contributed by atoms with Gasteiger partial charge in [0.2, 0.25) is 11.9 Å². The van der Waals surface area contributed by atoms with E-state index in [2.05, 4.69) is 9.97 Å². The minimum absolute atomic E-state index is 0.108. The zero-order valence-corrected chi connectivity index (χ0v) is 17.7. The first kappa shape index (κ1) is 22.2. The maximum absolute atomic E-state index is 14.6. The molecule has 3 rings (SSSR count). The second kappa shape index (κ2) is 9.55. The van der Waals surface area contributed by atoms with Crippen molar-refractivity contribution in [2.24, 2.45) is 0 Å². The van der Waals surface area contributed by atoms with E-state index < -0.39 is 11.8 Å². The predicted molar refractivity (Wildman–Crippen MR) is 115 cm³/mol. The number of halogens is 2. The molecule has 0 aliphatic heterocycles. The third-order valence-corrected chi connectivity index (χ3v) is 5.16. The van der Waals surface area contributed by atoms with E-state index in [1.807, 2.05) is 0 Å². The Bertz CT molecular complexity index is 1110. The van der Waals surface area contributed by atoms with Crippen molar-refractivity contribution < 1.29 is 18.4 Å². The number of nitrogens with zero attached hydrogens (tertiary/aromatic N) is 3. The van der Waals surface area contributed by atoms with Gasteiger partial charge in [-0.2, -0.15) is 4.39 Å². The van der Waals surface area contributed by atoms with Crippen LogP contribution in [0.4, 0.5) is 14.5 Å². The molecular formula is C24H23F2N3O2. The molecule has 0 aliphatic carbocycles. The Morgan fingerprint density at radius 2 is 1.84 bits per heavy atom. The summed E-state index contributed by atoms with van der Waals surface area (Å²) >= 11 is 0. The Labute approximate surface area is 179 Å². The zero-order valence-electron chi connectivity index (χ0n) is 17.7. The highest BCUT2D eigenvalue weighted by molar-refractivity contribution is 5.95. The van der Waals surface area contributed by atoms with Crippen LogP contribution >= 0.6 is 0 Å². The highest BCUT2D eigenvalue weighted by atomic mass is 19.1. The lowest BCUT2D eigenvalue weighted by atomic mass is 10.0. The van der Waals surface area contributed by atoms with Crippen molar-refractivity contribution >= 4 is 17.4 Å². The standard InChI is InChI=1S/C24H23F2N3O2/c1-4-24(31)29(3)18-8-9-19(20(25)13-18)17-5-10-21(27-14-17)22(30)11-6-16-7-12-23(26)28-15(16)2/h5,7-10,12-14H,4,6,11H2,1-3H3. The number of rotatable bonds is 7. The number of carbonyl (C=O) groups excluding carboxylic acids is 2. The van der Waals surface area contributed by atoms with Gasteiger partial charge >= 0.3 is 0 Å². The fourth-order valence-corrected chi connectivity index (χ4v) is 3.25. The normalized spacial score (nSPS) is 10.7. The smallest absolute Gasteiger partial charge is 0.226 e. The molecule has 0 unspecified atom stereocenters. The molecule has 31 heavy (non-hydrogen) atoms. The van der Waals surface area contributed by atoms with Gasteiger partial charge in [-0.3, -0.25) is 14.6 Å². The summed E-state index contributed by atoms with van der Waals surface area (Å²) in [5.74, 6) is -1.30. The Balaban J connectivity index is 1.70. The molecule has 2 aromatic heterocycles. The summed E-state index contributed by atoms with van der Waals surface area (Å²) in [7, 11) is 1.60. The van der Waals surface area contributed by atoms with Crippen molar-refractivity contribution in [2.75, 3.05) is 11.9 Å². The van der Waals surface area contributed by atoms with Gasteiger partial charge in [-0.25, -0.2) is 9.37 Å². The Kier molecular flexibility index (Phi) is 6.84. The van der Waals surface area contributed by atoms with Gasteiger partial charge in [-0.05, 0) is 49.2 Å². The summed E-state index contributed by atoms with van der Waals surface area (Å²) in [6, 6.07) is 10.7. The summed E-state index contributed by atoms with van der Waals surface area (Å²) in [5, 5.41) is 0. The summed E-state index contributed by atoms with van der Waals surface area (Å²) in [6.45, 7) is 3.45. The average molecular weight is 423 g/mol. The van der Waals surface area contributed by atoms with Crippen LogP contribution in [0.3, 0.4) is 0 Å². The number of amides is 1.